The minimum atomic E-state index is -0.431. The van der Waals surface area contributed by atoms with Crippen LogP contribution in [0.4, 0.5) is 5.69 Å². The molecule has 0 heterocycles. The van der Waals surface area contributed by atoms with Gasteiger partial charge in [-0.2, -0.15) is 0 Å². The number of halogens is 1. The zero-order chi connectivity index (χ0) is 8.97. The highest BCUT2D eigenvalue weighted by molar-refractivity contribution is 5.85. The van der Waals surface area contributed by atoms with Crippen LogP contribution in [0.1, 0.15) is 5.56 Å². The second kappa shape index (κ2) is 5.40. The smallest absolute Gasteiger partial charge is 0.247 e. The first kappa shape index (κ1) is 11.7. The van der Waals surface area contributed by atoms with Gasteiger partial charge in [-0.15, -0.1) is 12.4 Å². The summed E-state index contributed by atoms with van der Waals surface area (Å²) in [5.74, 6) is -0.431. The van der Waals surface area contributed by atoms with Crippen molar-refractivity contribution in [3.8, 4) is 0 Å². The molecule has 0 atom stereocenters. The summed E-state index contributed by atoms with van der Waals surface area (Å²) < 4.78 is 0. The van der Waals surface area contributed by atoms with Gasteiger partial charge < -0.3 is 5.73 Å². The summed E-state index contributed by atoms with van der Waals surface area (Å²) >= 11 is 0. The lowest BCUT2D eigenvalue weighted by atomic mass is 10.1. The molecule has 0 saturated heterocycles. The third kappa shape index (κ3) is 3.78. The molecule has 1 aromatic rings. The maximum Gasteiger partial charge on any atom is 0.247 e. The minimum Gasteiger partial charge on any atom is -0.399 e. The molecule has 0 bridgehead atoms. The summed E-state index contributed by atoms with van der Waals surface area (Å²) in [6.07, 6.45) is 0.163. The number of anilines is 1. The fraction of sp³-hybridized carbons (Fsp3) is 0.125. The van der Waals surface area contributed by atoms with E-state index in [2.05, 4.69) is 0 Å². The minimum absolute atomic E-state index is 0. The molecule has 0 spiro atoms. The number of hydrogen-bond acceptors (Lipinski definition) is 3. The number of hydrogen-bond donors (Lipinski definition) is 3. The van der Waals surface area contributed by atoms with Crippen LogP contribution in [0.3, 0.4) is 0 Å². The van der Waals surface area contributed by atoms with Crippen LogP contribution in [0.15, 0.2) is 24.3 Å². The molecule has 5 heteroatoms. The predicted molar refractivity (Wildman–Crippen MR) is 51.7 cm³/mol. The Morgan fingerprint density at radius 1 is 1.38 bits per heavy atom. The zero-order valence-corrected chi connectivity index (χ0v) is 7.67. The van der Waals surface area contributed by atoms with Gasteiger partial charge in [0.1, 0.15) is 0 Å². The molecule has 0 unspecified atom stereocenters. The molecule has 0 aromatic heterocycles. The number of benzene rings is 1. The standard InChI is InChI=1S/C8H10N2O2.ClH/c9-7-3-1-6(2-4-7)5-8(11)10-12;/h1-4,12H,5,9H2,(H,10,11);1H. The molecule has 1 aromatic carbocycles. The quantitative estimate of drug-likeness (QED) is 0.376. The number of carbonyl (C=O) groups excluding carboxylic acids is 1. The zero-order valence-electron chi connectivity index (χ0n) is 6.86. The molecule has 0 saturated carbocycles. The van der Waals surface area contributed by atoms with Crippen LogP contribution in [0.2, 0.25) is 0 Å². The van der Waals surface area contributed by atoms with Crippen molar-refractivity contribution in [2.24, 2.45) is 0 Å². The number of amides is 1. The molecular weight excluding hydrogens is 192 g/mol. The SMILES string of the molecule is Cl.Nc1ccc(CC(=O)NO)cc1. The molecule has 72 valence electrons. The van der Waals surface area contributed by atoms with Gasteiger partial charge >= 0.3 is 0 Å². The molecule has 1 rings (SSSR count). The molecule has 4 N–H and O–H groups in total. The lowest BCUT2D eigenvalue weighted by molar-refractivity contribution is -0.128. The van der Waals surface area contributed by atoms with Crippen molar-refractivity contribution in [1.29, 1.82) is 0 Å². The van der Waals surface area contributed by atoms with Gasteiger partial charge in [-0.1, -0.05) is 12.1 Å². The highest BCUT2D eigenvalue weighted by Crippen LogP contribution is 2.05. The van der Waals surface area contributed by atoms with E-state index in [4.69, 9.17) is 10.9 Å². The summed E-state index contributed by atoms with van der Waals surface area (Å²) in [6, 6.07) is 6.90. The molecule has 0 aliphatic carbocycles. The Balaban J connectivity index is 0.00000144. The van der Waals surface area contributed by atoms with Crippen molar-refractivity contribution >= 4 is 24.0 Å². The summed E-state index contributed by atoms with van der Waals surface area (Å²) in [7, 11) is 0. The first-order valence-electron chi connectivity index (χ1n) is 3.49. The Kier molecular flexibility index (Phi) is 4.87. The molecule has 0 fully saturated rings. The normalized spacial score (nSPS) is 8.69. The molecular formula is C8H11ClN2O2. The fourth-order valence-electron chi connectivity index (χ4n) is 0.860. The van der Waals surface area contributed by atoms with E-state index >= 15 is 0 Å². The van der Waals surface area contributed by atoms with Gasteiger partial charge in [0.15, 0.2) is 0 Å². The van der Waals surface area contributed by atoms with Crippen LogP contribution in [-0.4, -0.2) is 11.1 Å². The van der Waals surface area contributed by atoms with Gasteiger partial charge in [0.2, 0.25) is 5.91 Å². The first-order chi connectivity index (χ1) is 5.72. The maximum absolute atomic E-state index is 10.7. The van der Waals surface area contributed by atoms with Gasteiger partial charge in [-0.25, -0.2) is 5.48 Å². The van der Waals surface area contributed by atoms with Crippen LogP contribution in [-0.2, 0) is 11.2 Å². The molecule has 0 aliphatic rings. The Morgan fingerprint density at radius 3 is 2.38 bits per heavy atom. The van der Waals surface area contributed by atoms with Crippen molar-refractivity contribution in [3.63, 3.8) is 0 Å². The van der Waals surface area contributed by atoms with Crippen LogP contribution < -0.4 is 11.2 Å². The second-order valence-electron chi connectivity index (χ2n) is 2.45. The Hall–Kier alpha value is -1.26. The van der Waals surface area contributed by atoms with Gasteiger partial charge in [-0.05, 0) is 17.7 Å². The fourth-order valence-corrected chi connectivity index (χ4v) is 0.860. The Bertz CT molecular complexity index is 274. The van der Waals surface area contributed by atoms with E-state index in [-0.39, 0.29) is 18.8 Å². The summed E-state index contributed by atoms with van der Waals surface area (Å²) in [4.78, 5) is 10.7. The molecule has 0 aliphatic heterocycles. The number of nitrogen functional groups attached to an aromatic ring is 1. The van der Waals surface area contributed by atoms with E-state index < -0.39 is 5.91 Å². The van der Waals surface area contributed by atoms with E-state index in [0.717, 1.165) is 5.56 Å². The van der Waals surface area contributed by atoms with E-state index in [0.29, 0.717) is 5.69 Å². The number of nitrogens with two attached hydrogens (primary N) is 1. The van der Waals surface area contributed by atoms with E-state index in [1.54, 1.807) is 29.7 Å². The topological polar surface area (TPSA) is 75.4 Å². The number of nitrogens with one attached hydrogen (secondary N) is 1. The van der Waals surface area contributed by atoms with Crippen LogP contribution in [0, 0.1) is 0 Å². The third-order valence-electron chi connectivity index (χ3n) is 1.47. The lowest BCUT2D eigenvalue weighted by Crippen LogP contribution is -2.20. The number of rotatable bonds is 2. The maximum atomic E-state index is 10.7. The van der Waals surface area contributed by atoms with Crippen molar-refractivity contribution in [2.45, 2.75) is 6.42 Å². The molecule has 13 heavy (non-hydrogen) atoms. The van der Waals surface area contributed by atoms with Crippen LogP contribution in [0.5, 0.6) is 0 Å². The lowest BCUT2D eigenvalue weighted by Gasteiger charge is -1.99. The highest BCUT2D eigenvalue weighted by Gasteiger charge is 1.99. The van der Waals surface area contributed by atoms with Crippen molar-refractivity contribution in [1.82, 2.24) is 5.48 Å². The molecule has 4 nitrogen and oxygen atoms in total. The van der Waals surface area contributed by atoms with Crippen molar-refractivity contribution in [2.75, 3.05) is 5.73 Å². The monoisotopic (exact) mass is 202 g/mol. The molecule has 1 amide bonds. The van der Waals surface area contributed by atoms with Gasteiger partial charge in [0.05, 0.1) is 6.42 Å². The van der Waals surface area contributed by atoms with Gasteiger partial charge in [0.25, 0.3) is 0 Å². The van der Waals surface area contributed by atoms with E-state index in [1.807, 2.05) is 0 Å². The summed E-state index contributed by atoms with van der Waals surface area (Å²) in [6.45, 7) is 0. The largest absolute Gasteiger partial charge is 0.399 e. The van der Waals surface area contributed by atoms with E-state index in [9.17, 15) is 4.79 Å². The van der Waals surface area contributed by atoms with Crippen molar-refractivity contribution < 1.29 is 10.0 Å². The van der Waals surface area contributed by atoms with Crippen molar-refractivity contribution in [3.05, 3.63) is 29.8 Å². The highest BCUT2D eigenvalue weighted by atomic mass is 35.5. The average Bonchev–Trinajstić information content (AvgIpc) is 2.09. The van der Waals surface area contributed by atoms with Gasteiger partial charge in [0, 0.05) is 5.69 Å². The predicted octanol–water partition coefficient (Wildman–Crippen LogP) is 0.739. The Labute approximate surface area is 82.1 Å². The first-order valence-corrected chi connectivity index (χ1v) is 3.49. The summed E-state index contributed by atoms with van der Waals surface area (Å²) in [5, 5.41) is 8.23. The van der Waals surface area contributed by atoms with E-state index in [1.165, 1.54) is 0 Å². The number of hydroxylamine groups is 1. The second-order valence-corrected chi connectivity index (χ2v) is 2.45. The average molecular weight is 203 g/mol. The molecule has 0 radical (unpaired) electrons. The Morgan fingerprint density at radius 2 is 1.92 bits per heavy atom. The van der Waals surface area contributed by atoms with Crippen LogP contribution in [0.25, 0.3) is 0 Å². The number of carbonyl (C=O) groups is 1. The van der Waals surface area contributed by atoms with Crippen LogP contribution >= 0.6 is 12.4 Å². The van der Waals surface area contributed by atoms with Gasteiger partial charge in [-0.3, -0.25) is 10.0 Å². The summed E-state index contributed by atoms with van der Waals surface area (Å²) in [5.41, 5.74) is 8.47. The third-order valence-corrected chi connectivity index (χ3v) is 1.47.